The molecule has 0 aromatic heterocycles. The van der Waals surface area contributed by atoms with E-state index in [2.05, 4.69) is 12.2 Å². The predicted octanol–water partition coefficient (Wildman–Crippen LogP) is 3.19. The van der Waals surface area contributed by atoms with Gasteiger partial charge in [-0.1, -0.05) is 12.2 Å². The minimum Gasteiger partial charge on any atom is -0.228 e. The van der Waals surface area contributed by atoms with Crippen molar-refractivity contribution in [3.05, 3.63) is 12.2 Å². The largest absolute Gasteiger partial charge is 0.228 e. The van der Waals surface area contributed by atoms with E-state index >= 15 is 0 Å². The number of rotatable bonds is 2. The molecule has 0 heterocycles. The van der Waals surface area contributed by atoms with Crippen molar-refractivity contribution in [2.45, 2.75) is 55.4 Å². The Bertz CT molecular complexity index is 534. The van der Waals surface area contributed by atoms with Crippen molar-refractivity contribution in [3.8, 4) is 0 Å². The maximum atomic E-state index is 13.3. The van der Waals surface area contributed by atoms with Gasteiger partial charge in [-0.2, -0.15) is 0 Å². The Hall–Kier alpha value is -0.310. The molecule has 3 heteroatoms. The maximum Gasteiger partial charge on any atom is 0.157 e. The van der Waals surface area contributed by atoms with Crippen LogP contribution in [-0.2, 0) is 9.84 Å². The molecule has 3 atom stereocenters. The highest BCUT2D eigenvalue weighted by atomic mass is 32.2. The molecule has 5 saturated carbocycles. The van der Waals surface area contributed by atoms with Crippen molar-refractivity contribution in [2.75, 3.05) is 0 Å². The molecule has 0 radical (unpaired) electrons. The average molecular weight is 292 g/mol. The predicted molar refractivity (Wildman–Crippen MR) is 78.9 cm³/mol. The van der Waals surface area contributed by atoms with Gasteiger partial charge < -0.3 is 0 Å². The van der Waals surface area contributed by atoms with Gasteiger partial charge in [-0.15, -0.1) is 0 Å². The Morgan fingerprint density at radius 2 is 1.40 bits per heavy atom. The fourth-order valence-electron chi connectivity index (χ4n) is 6.72. The molecular formula is C17H24O2S. The van der Waals surface area contributed by atoms with E-state index in [0.717, 1.165) is 24.7 Å². The lowest BCUT2D eigenvalue weighted by Gasteiger charge is -2.54. The molecule has 6 aliphatic rings. The van der Waals surface area contributed by atoms with Crippen LogP contribution in [0.25, 0.3) is 0 Å². The summed E-state index contributed by atoms with van der Waals surface area (Å²) in [5, 5.41) is 0.00748. The van der Waals surface area contributed by atoms with Crippen LogP contribution >= 0.6 is 0 Å². The van der Waals surface area contributed by atoms with Gasteiger partial charge in [0.1, 0.15) is 0 Å². The fraction of sp³-hybridized carbons (Fsp3) is 0.882. The third-order valence-electron chi connectivity index (χ3n) is 7.16. The van der Waals surface area contributed by atoms with Crippen LogP contribution in [0.4, 0.5) is 0 Å². The van der Waals surface area contributed by atoms with Gasteiger partial charge in [-0.05, 0) is 80.5 Å². The first-order valence-electron chi connectivity index (χ1n) is 8.52. The highest BCUT2D eigenvalue weighted by molar-refractivity contribution is 7.92. The second-order valence-corrected chi connectivity index (χ2v) is 10.6. The first-order valence-corrected chi connectivity index (χ1v) is 10.1. The van der Waals surface area contributed by atoms with Gasteiger partial charge in [-0.3, -0.25) is 0 Å². The Morgan fingerprint density at radius 1 is 0.750 bits per heavy atom. The monoisotopic (exact) mass is 292 g/mol. The van der Waals surface area contributed by atoms with E-state index in [4.69, 9.17) is 0 Å². The van der Waals surface area contributed by atoms with Crippen LogP contribution in [-0.4, -0.2) is 18.9 Å². The molecule has 6 bridgehead atoms. The molecule has 0 amide bonds. The average Bonchev–Trinajstić information content (AvgIpc) is 2.99. The zero-order valence-corrected chi connectivity index (χ0v) is 12.8. The van der Waals surface area contributed by atoms with E-state index in [0.29, 0.717) is 23.7 Å². The van der Waals surface area contributed by atoms with Crippen molar-refractivity contribution >= 4 is 9.84 Å². The highest BCUT2D eigenvalue weighted by Gasteiger charge is 2.56. The third kappa shape index (κ3) is 1.53. The number of fused-ring (bicyclic) bond motifs is 2. The van der Waals surface area contributed by atoms with E-state index < -0.39 is 9.84 Å². The van der Waals surface area contributed by atoms with Crippen molar-refractivity contribution in [3.63, 3.8) is 0 Å². The normalized spacial score (nSPS) is 55.8. The van der Waals surface area contributed by atoms with Gasteiger partial charge in [0.15, 0.2) is 9.84 Å². The number of hydrogen-bond donors (Lipinski definition) is 0. The maximum absolute atomic E-state index is 13.3. The zero-order valence-electron chi connectivity index (χ0n) is 11.9. The van der Waals surface area contributed by atoms with Gasteiger partial charge >= 0.3 is 0 Å². The third-order valence-corrected chi connectivity index (χ3v) is 10.1. The molecule has 0 spiro atoms. The summed E-state index contributed by atoms with van der Waals surface area (Å²) in [6.45, 7) is 0. The van der Waals surface area contributed by atoms with Crippen LogP contribution in [0.5, 0.6) is 0 Å². The summed E-state index contributed by atoms with van der Waals surface area (Å²) in [5.74, 6) is 3.67. The molecule has 20 heavy (non-hydrogen) atoms. The molecular weight excluding hydrogens is 268 g/mol. The van der Waals surface area contributed by atoms with Gasteiger partial charge in [-0.25, -0.2) is 8.42 Å². The van der Waals surface area contributed by atoms with Crippen molar-refractivity contribution < 1.29 is 8.42 Å². The van der Waals surface area contributed by atoms with Crippen molar-refractivity contribution in [2.24, 2.45) is 35.5 Å². The summed E-state index contributed by atoms with van der Waals surface area (Å²) in [7, 11) is -2.91. The van der Waals surface area contributed by atoms with Gasteiger partial charge in [0.2, 0.25) is 0 Å². The zero-order chi connectivity index (χ0) is 13.5. The van der Waals surface area contributed by atoms with Crippen molar-refractivity contribution in [1.82, 2.24) is 0 Å². The number of allylic oxidation sites excluding steroid dienone is 2. The summed E-state index contributed by atoms with van der Waals surface area (Å²) >= 11 is 0. The standard InChI is InChI=1S/C17H24O2S/c18-20(19,16-9-10-1-2-13(16)4-10)17-14-5-11-3-12(7-14)8-15(17)6-11/h1-2,10-17H,3-9H2. The summed E-state index contributed by atoms with van der Waals surface area (Å²) in [6, 6.07) is 0. The van der Waals surface area contributed by atoms with E-state index in [9.17, 15) is 8.42 Å². The lowest BCUT2D eigenvalue weighted by Crippen LogP contribution is -2.54. The fourth-order valence-corrected chi connectivity index (χ4v) is 9.85. The molecule has 5 fully saturated rings. The van der Waals surface area contributed by atoms with Crippen LogP contribution in [0.3, 0.4) is 0 Å². The minimum atomic E-state index is -2.91. The molecule has 0 aromatic rings. The van der Waals surface area contributed by atoms with Crippen LogP contribution in [0.1, 0.15) is 44.9 Å². The molecule has 110 valence electrons. The first-order chi connectivity index (χ1) is 9.61. The molecule has 0 saturated heterocycles. The van der Waals surface area contributed by atoms with Crippen LogP contribution in [0, 0.1) is 35.5 Å². The highest BCUT2D eigenvalue weighted by Crippen LogP contribution is 2.57. The van der Waals surface area contributed by atoms with Gasteiger partial charge in [0.25, 0.3) is 0 Å². The van der Waals surface area contributed by atoms with Gasteiger partial charge in [0, 0.05) is 0 Å². The van der Waals surface area contributed by atoms with E-state index in [1.165, 1.54) is 32.1 Å². The topological polar surface area (TPSA) is 34.1 Å². The lowest BCUT2D eigenvalue weighted by molar-refractivity contribution is 0.0234. The number of sulfone groups is 1. The molecule has 3 unspecified atom stereocenters. The summed E-state index contributed by atoms with van der Waals surface area (Å²) in [4.78, 5) is 0. The van der Waals surface area contributed by atoms with Crippen LogP contribution in [0.2, 0.25) is 0 Å². The minimum absolute atomic E-state index is 0.0278. The Morgan fingerprint density at radius 3 is 1.90 bits per heavy atom. The quantitative estimate of drug-likeness (QED) is 0.733. The smallest absolute Gasteiger partial charge is 0.157 e. The Labute approximate surface area is 121 Å². The summed E-state index contributed by atoms with van der Waals surface area (Å²) in [6.07, 6.45) is 12.8. The summed E-state index contributed by atoms with van der Waals surface area (Å²) in [5.41, 5.74) is 0. The second kappa shape index (κ2) is 3.91. The second-order valence-electron chi connectivity index (χ2n) is 8.30. The Kier molecular flexibility index (Phi) is 2.39. The molecule has 6 rings (SSSR count). The number of hydrogen-bond acceptors (Lipinski definition) is 2. The van der Waals surface area contributed by atoms with Gasteiger partial charge in [0.05, 0.1) is 10.5 Å². The van der Waals surface area contributed by atoms with E-state index in [1.807, 2.05) is 0 Å². The lowest BCUT2D eigenvalue weighted by atomic mass is 9.56. The van der Waals surface area contributed by atoms with E-state index in [-0.39, 0.29) is 10.5 Å². The van der Waals surface area contributed by atoms with E-state index in [1.54, 1.807) is 0 Å². The molecule has 0 aliphatic heterocycles. The molecule has 0 N–H and O–H groups in total. The van der Waals surface area contributed by atoms with Crippen LogP contribution < -0.4 is 0 Å². The Balaban J connectivity index is 1.49. The first kappa shape index (κ1) is 12.3. The molecule has 6 aliphatic carbocycles. The van der Waals surface area contributed by atoms with Crippen LogP contribution in [0.15, 0.2) is 12.2 Å². The van der Waals surface area contributed by atoms with Crippen molar-refractivity contribution in [1.29, 1.82) is 0 Å². The molecule has 0 aromatic carbocycles. The SMILES string of the molecule is O=S(=O)(C1CC2C=CC1C2)C1C2CC3CC(C2)CC1C3. The molecule has 2 nitrogen and oxygen atoms in total. The summed E-state index contributed by atoms with van der Waals surface area (Å²) < 4.78 is 26.6.